The van der Waals surface area contributed by atoms with E-state index in [0.717, 1.165) is 6.42 Å². The number of nitrogen functional groups attached to an aromatic ring is 1. The Kier molecular flexibility index (Phi) is 5.38. The number of pyridine rings is 1. The van der Waals surface area contributed by atoms with Crippen molar-refractivity contribution >= 4 is 40.1 Å². The molecule has 1 aromatic carbocycles. The Bertz CT molecular complexity index is 1230. The molecular weight excluding hydrogens is 378 g/mol. The number of amides is 1. The number of nitrogens with one attached hydrogen (secondary N) is 1. The third kappa shape index (κ3) is 3.84. The lowest BCUT2D eigenvalue weighted by molar-refractivity contribution is 0.0954. The maximum Gasteiger partial charge on any atom is 0.257 e. The number of benzene rings is 1. The van der Waals surface area contributed by atoms with Crippen molar-refractivity contribution in [3.05, 3.63) is 59.9 Å². The van der Waals surface area contributed by atoms with Gasteiger partial charge in [0.05, 0.1) is 22.9 Å². The summed E-state index contributed by atoms with van der Waals surface area (Å²) in [4.78, 5) is 26.5. The summed E-state index contributed by atoms with van der Waals surface area (Å²) in [5.41, 5.74) is 9.54. The number of fused-ring (bicyclic) bond motifs is 2. The number of hydrogen-bond donors (Lipinski definition) is 2. The van der Waals surface area contributed by atoms with Gasteiger partial charge in [-0.15, -0.1) is 0 Å². The molecule has 0 aliphatic heterocycles. The average Bonchev–Trinajstić information content (AvgIpc) is 3.01. The smallest absolute Gasteiger partial charge is 0.257 e. The average molecular weight is 401 g/mol. The highest BCUT2D eigenvalue weighted by molar-refractivity contribution is 6.10. The minimum Gasteiger partial charge on any atom is -0.383 e. The molecule has 4 rings (SSSR count). The fourth-order valence-electron chi connectivity index (χ4n) is 3.12. The van der Waals surface area contributed by atoms with Gasteiger partial charge in [-0.3, -0.25) is 9.78 Å². The third-order valence-corrected chi connectivity index (χ3v) is 4.70. The van der Waals surface area contributed by atoms with E-state index >= 15 is 0 Å². The zero-order valence-corrected chi connectivity index (χ0v) is 16.9. The molecule has 0 saturated carbocycles. The fourth-order valence-corrected chi connectivity index (χ4v) is 3.12. The molecule has 0 spiro atoms. The Hall–Kier alpha value is -3.81. The molecule has 0 saturated heterocycles. The number of carbonyl (C=O) groups excluding carboxylic acids is 1. The Balaban J connectivity index is 1.83. The van der Waals surface area contributed by atoms with Crippen molar-refractivity contribution in [3.8, 4) is 0 Å². The highest BCUT2D eigenvalue weighted by Crippen LogP contribution is 2.27. The summed E-state index contributed by atoms with van der Waals surface area (Å²) >= 11 is 0. The summed E-state index contributed by atoms with van der Waals surface area (Å²) in [7, 11) is 0. The van der Waals surface area contributed by atoms with Crippen molar-refractivity contribution in [1.82, 2.24) is 24.9 Å². The Morgan fingerprint density at radius 1 is 1.17 bits per heavy atom. The molecule has 4 aromatic rings. The highest BCUT2D eigenvalue weighted by atomic mass is 16.1. The van der Waals surface area contributed by atoms with Crippen LogP contribution >= 0.6 is 0 Å². The molecular formula is C22H23N7O. The van der Waals surface area contributed by atoms with Gasteiger partial charge in [-0.05, 0) is 36.6 Å². The van der Waals surface area contributed by atoms with Crippen LogP contribution in [0.1, 0.15) is 36.3 Å². The van der Waals surface area contributed by atoms with Gasteiger partial charge in [0.1, 0.15) is 16.9 Å². The summed E-state index contributed by atoms with van der Waals surface area (Å²) in [6.45, 7) is 4.77. The molecule has 0 radical (unpaired) electrons. The van der Waals surface area contributed by atoms with Crippen LogP contribution in [0.3, 0.4) is 0 Å². The van der Waals surface area contributed by atoms with Gasteiger partial charge in [0.25, 0.3) is 5.91 Å². The molecule has 0 fully saturated rings. The second-order valence-corrected chi connectivity index (χ2v) is 7.39. The van der Waals surface area contributed by atoms with Gasteiger partial charge in [0.15, 0.2) is 5.65 Å². The van der Waals surface area contributed by atoms with Crippen LogP contribution in [0.5, 0.6) is 0 Å². The molecule has 1 amide bonds. The van der Waals surface area contributed by atoms with Crippen LogP contribution < -0.4 is 11.1 Å². The molecule has 8 nitrogen and oxygen atoms in total. The van der Waals surface area contributed by atoms with Crippen molar-refractivity contribution < 1.29 is 4.79 Å². The Morgan fingerprint density at radius 2 is 1.90 bits per heavy atom. The number of carbonyl (C=O) groups is 1. The quantitative estimate of drug-likeness (QED) is 0.482. The SMILES string of the molecule is CC(C)CCNC(=O)c1c(N)n(N=Cc2ccccn2)c2nc3ccccc3nc12. The van der Waals surface area contributed by atoms with Crippen LogP contribution in [0.25, 0.3) is 22.2 Å². The third-order valence-electron chi connectivity index (χ3n) is 4.70. The second-order valence-electron chi connectivity index (χ2n) is 7.39. The van der Waals surface area contributed by atoms with Crippen LogP contribution in [0.2, 0.25) is 0 Å². The molecule has 30 heavy (non-hydrogen) atoms. The Labute approximate surface area is 173 Å². The molecule has 3 N–H and O–H groups in total. The van der Waals surface area contributed by atoms with Crippen molar-refractivity contribution in [2.45, 2.75) is 20.3 Å². The molecule has 0 aliphatic rings. The van der Waals surface area contributed by atoms with Gasteiger partial charge in [-0.25, -0.2) is 9.97 Å². The number of aromatic nitrogens is 4. The fraction of sp³-hybridized carbons (Fsp3) is 0.227. The molecule has 0 unspecified atom stereocenters. The summed E-state index contributed by atoms with van der Waals surface area (Å²) in [6, 6.07) is 13.0. The lowest BCUT2D eigenvalue weighted by atomic mass is 10.1. The van der Waals surface area contributed by atoms with E-state index < -0.39 is 0 Å². The second kappa shape index (κ2) is 8.28. The van der Waals surface area contributed by atoms with Crippen LogP contribution in [-0.4, -0.2) is 38.3 Å². The van der Waals surface area contributed by atoms with E-state index in [1.165, 1.54) is 4.68 Å². The first-order chi connectivity index (χ1) is 14.5. The van der Waals surface area contributed by atoms with Crippen molar-refractivity contribution in [2.75, 3.05) is 12.3 Å². The number of para-hydroxylation sites is 2. The van der Waals surface area contributed by atoms with Crippen molar-refractivity contribution in [2.24, 2.45) is 11.0 Å². The first-order valence-electron chi connectivity index (χ1n) is 9.85. The van der Waals surface area contributed by atoms with Gasteiger partial charge in [0.2, 0.25) is 0 Å². The molecule has 0 atom stereocenters. The van der Waals surface area contributed by atoms with Crippen LogP contribution in [0.15, 0.2) is 53.8 Å². The number of anilines is 1. The van der Waals surface area contributed by atoms with Gasteiger partial charge in [-0.1, -0.05) is 32.0 Å². The largest absolute Gasteiger partial charge is 0.383 e. The van der Waals surface area contributed by atoms with E-state index in [1.54, 1.807) is 12.4 Å². The zero-order valence-electron chi connectivity index (χ0n) is 16.9. The lowest BCUT2D eigenvalue weighted by Crippen LogP contribution is -2.26. The molecule has 0 aliphatic carbocycles. The van der Waals surface area contributed by atoms with Crippen molar-refractivity contribution in [1.29, 1.82) is 0 Å². The van der Waals surface area contributed by atoms with Crippen LogP contribution in [0.4, 0.5) is 5.82 Å². The van der Waals surface area contributed by atoms with Crippen LogP contribution in [-0.2, 0) is 0 Å². The summed E-state index contributed by atoms with van der Waals surface area (Å²) in [5.74, 6) is 0.389. The topological polar surface area (TPSA) is 111 Å². The predicted octanol–water partition coefficient (Wildman–Crippen LogP) is 3.22. The van der Waals surface area contributed by atoms with E-state index in [9.17, 15) is 4.79 Å². The van der Waals surface area contributed by atoms with Gasteiger partial charge in [0, 0.05) is 12.7 Å². The first-order valence-corrected chi connectivity index (χ1v) is 9.85. The number of hydrogen-bond acceptors (Lipinski definition) is 6. The van der Waals surface area contributed by atoms with Crippen LogP contribution in [0, 0.1) is 5.92 Å². The minimum absolute atomic E-state index is 0.189. The number of nitrogens with zero attached hydrogens (tertiary/aromatic N) is 5. The standard InChI is InChI=1S/C22H23N7O/c1-14(2)10-12-25-22(30)18-19-21(28-17-9-4-3-8-16(17)27-19)29(20(18)23)26-13-15-7-5-6-11-24-15/h3-9,11,13-14H,10,12,23H2,1-2H3,(H,25,30). The molecule has 3 heterocycles. The van der Waals surface area contributed by atoms with E-state index in [4.69, 9.17) is 5.73 Å². The Morgan fingerprint density at radius 3 is 2.60 bits per heavy atom. The summed E-state index contributed by atoms with van der Waals surface area (Å²) < 4.78 is 1.45. The monoisotopic (exact) mass is 401 g/mol. The van der Waals surface area contributed by atoms with E-state index in [2.05, 4.69) is 39.2 Å². The van der Waals surface area contributed by atoms with Gasteiger partial charge >= 0.3 is 0 Å². The number of rotatable bonds is 6. The van der Waals surface area contributed by atoms with E-state index in [-0.39, 0.29) is 17.3 Å². The maximum absolute atomic E-state index is 12.9. The minimum atomic E-state index is -0.283. The summed E-state index contributed by atoms with van der Waals surface area (Å²) in [6.07, 6.45) is 4.13. The van der Waals surface area contributed by atoms with E-state index in [1.807, 2.05) is 42.5 Å². The van der Waals surface area contributed by atoms with Gasteiger partial charge in [-0.2, -0.15) is 9.78 Å². The molecule has 0 bridgehead atoms. The van der Waals surface area contributed by atoms with Crippen molar-refractivity contribution in [3.63, 3.8) is 0 Å². The lowest BCUT2D eigenvalue weighted by Gasteiger charge is -2.07. The first kappa shape index (κ1) is 19.5. The molecule has 152 valence electrons. The highest BCUT2D eigenvalue weighted by Gasteiger charge is 2.23. The maximum atomic E-state index is 12.9. The predicted molar refractivity (Wildman–Crippen MR) is 118 cm³/mol. The zero-order chi connectivity index (χ0) is 21.1. The summed E-state index contributed by atoms with van der Waals surface area (Å²) in [5, 5.41) is 7.38. The number of nitrogens with two attached hydrogens (primary N) is 1. The molecule has 3 aromatic heterocycles. The van der Waals surface area contributed by atoms with E-state index in [0.29, 0.717) is 40.4 Å². The molecule has 8 heteroatoms. The normalized spacial score (nSPS) is 11.7. The van der Waals surface area contributed by atoms with Gasteiger partial charge < -0.3 is 11.1 Å².